The van der Waals surface area contributed by atoms with Crippen molar-refractivity contribution in [1.29, 1.82) is 0 Å². The minimum atomic E-state index is -1.51. The Balaban J connectivity index is 2.78. The first kappa shape index (κ1) is 13.9. The van der Waals surface area contributed by atoms with Gasteiger partial charge in [-0.3, -0.25) is 14.6 Å². The predicted octanol–water partition coefficient (Wildman–Crippen LogP) is -1.05. The third kappa shape index (κ3) is 4.02. The SMILES string of the molecule is CON(C)C(=O)C(Cc1ccncc1)NC(=O)[O-]. The van der Waals surface area contributed by atoms with Crippen LogP contribution in [0.5, 0.6) is 0 Å². The fourth-order valence-electron chi connectivity index (χ4n) is 1.41. The Kier molecular flexibility index (Phi) is 5.06. The van der Waals surface area contributed by atoms with Gasteiger partial charge in [0.25, 0.3) is 5.91 Å². The first-order chi connectivity index (χ1) is 8.54. The van der Waals surface area contributed by atoms with E-state index in [1.807, 2.05) is 0 Å². The van der Waals surface area contributed by atoms with E-state index in [9.17, 15) is 14.7 Å². The van der Waals surface area contributed by atoms with Crippen LogP contribution in [0.4, 0.5) is 4.79 Å². The predicted molar refractivity (Wildman–Crippen MR) is 60.0 cm³/mol. The van der Waals surface area contributed by atoms with E-state index in [1.54, 1.807) is 24.5 Å². The summed E-state index contributed by atoms with van der Waals surface area (Å²) in [5.41, 5.74) is 0.779. The summed E-state index contributed by atoms with van der Waals surface area (Å²) in [5.74, 6) is -0.501. The van der Waals surface area contributed by atoms with E-state index in [0.717, 1.165) is 10.6 Å². The van der Waals surface area contributed by atoms with Crippen molar-refractivity contribution in [2.75, 3.05) is 14.2 Å². The van der Waals surface area contributed by atoms with E-state index in [2.05, 4.69) is 10.3 Å². The van der Waals surface area contributed by atoms with Crippen LogP contribution in [0, 0.1) is 0 Å². The zero-order valence-corrected chi connectivity index (χ0v) is 10.1. The Morgan fingerprint density at radius 1 is 1.50 bits per heavy atom. The van der Waals surface area contributed by atoms with Gasteiger partial charge in [-0.25, -0.2) is 5.06 Å². The monoisotopic (exact) mass is 252 g/mol. The summed E-state index contributed by atoms with van der Waals surface area (Å²) in [6, 6.07) is 2.44. The van der Waals surface area contributed by atoms with Crippen LogP contribution >= 0.6 is 0 Å². The van der Waals surface area contributed by atoms with Crippen LogP contribution in [-0.2, 0) is 16.1 Å². The van der Waals surface area contributed by atoms with E-state index in [0.29, 0.717) is 0 Å². The number of hydrogen-bond donors (Lipinski definition) is 1. The van der Waals surface area contributed by atoms with Crippen molar-refractivity contribution >= 4 is 12.0 Å². The molecule has 1 atom stereocenters. The summed E-state index contributed by atoms with van der Waals surface area (Å²) < 4.78 is 0. The molecule has 98 valence electrons. The molecule has 0 bridgehead atoms. The summed E-state index contributed by atoms with van der Waals surface area (Å²) in [4.78, 5) is 31.0. The highest BCUT2D eigenvalue weighted by Gasteiger charge is 2.22. The lowest BCUT2D eigenvalue weighted by molar-refractivity contribution is -0.252. The molecule has 0 saturated heterocycles. The Hall–Kier alpha value is -2.15. The Labute approximate surface area is 104 Å². The van der Waals surface area contributed by atoms with E-state index >= 15 is 0 Å². The van der Waals surface area contributed by atoms with E-state index < -0.39 is 18.0 Å². The Bertz CT molecular complexity index is 410. The number of carbonyl (C=O) groups is 2. The normalized spacial score (nSPS) is 11.7. The van der Waals surface area contributed by atoms with Gasteiger partial charge in [0.2, 0.25) is 0 Å². The van der Waals surface area contributed by atoms with Crippen molar-refractivity contribution in [2.45, 2.75) is 12.5 Å². The molecule has 1 aromatic rings. The number of rotatable bonds is 5. The molecule has 0 radical (unpaired) electrons. The second-order valence-electron chi connectivity index (χ2n) is 3.56. The van der Waals surface area contributed by atoms with Crippen LogP contribution in [0.25, 0.3) is 0 Å². The molecule has 0 aliphatic rings. The lowest BCUT2D eigenvalue weighted by Gasteiger charge is -2.23. The number of nitrogens with zero attached hydrogens (tertiary/aromatic N) is 2. The molecule has 1 N–H and O–H groups in total. The zero-order chi connectivity index (χ0) is 13.5. The van der Waals surface area contributed by atoms with Crippen molar-refractivity contribution in [3.63, 3.8) is 0 Å². The molecule has 1 aromatic heterocycles. The minimum Gasteiger partial charge on any atom is -0.530 e. The lowest BCUT2D eigenvalue weighted by Crippen LogP contribution is -2.52. The molecule has 0 spiro atoms. The molecular weight excluding hydrogens is 238 g/mol. The molecule has 18 heavy (non-hydrogen) atoms. The van der Waals surface area contributed by atoms with Gasteiger partial charge >= 0.3 is 0 Å². The average Bonchev–Trinajstić information content (AvgIpc) is 2.37. The molecule has 0 saturated carbocycles. The fraction of sp³-hybridized carbons (Fsp3) is 0.364. The first-order valence-electron chi connectivity index (χ1n) is 5.22. The van der Waals surface area contributed by atoms with Crippen molar-refractivity contribution in [3.05, 3.63) is 30.1 Å². The highest BCUT2D eigenvalue weighted by Crippen LogP contribution is 2.04. The number of amides is 2. The third-order valence-corrected chi connectivity index (χ3v) is 2.36. The quantitative estimate of drug-likeness (QED) is 0.674. The van der Waals surface area contributed by atoms with Gasteiger partial charge in [-0.05, 0) is 17.7 Å². The summed E-state index contributed by atoms with van der Waals surface area (Å²) in [6.45, 7) is 0. The van der Waals surface area contributed by atoms with Gasteiger partial charge in [0, 0.05) is 25.9 Å². The smallest absolute Gasteiger partial charge is 0.268 e. The first-order valence-corrected chi connectivity index (χ1v) is 5.22. The van der Waals surface area contributed by atoms with E-state index in [1.165, 1.54) is 14.2 Å². The second kappa shape index (κ2) is 6.55. The second-order valence-corrected chi connectivity index (χ2v) is 3.56. The molecule has 0 fully saturated rings. The van der Waals surface area contributed by atoms with E-state index in [4.69, 9.17) is 4.84 Å². The van der Waals surface area contributed by atoms with Crippen LogP contribution in [0.15, 0.2) is 24.5 Å². The molecule has 7 heteroatoms. The number of carbonyl (C=O) groups excluding carboxylic acids is 2. The summed E-state index contributed by atoms with van der Waals surface area (Å²) in [7, 11) is 2.72. The molecule has 0 aromatic carbocycles. The molecule has 7 nitrogen and oxygen atoms in total. The van der Waals surface area contributed by atoms with Crippen LogP contribution < -0.4 is 10.4 Å². The number of hydroxylamine groups is 2. The minimum absolute atomic E-state index is 0.197. The molecule has 1 unspecified atom stereocenters. The fourth-order valence-corrected chi connectivity index (χ4v) is 1.41. The third-order valence-electron chi connectivity index (χ3n) is 2.36. The number of aromatic nitrogens is 1. The molecule has 2 amide bonds. The zero-order valence-electron chi connectivity index (χ0n) is 10.1. The van der Waals surface area contributed by atoms with Gasteiger partial charge in [-0.15, -0.1) is 0 Å². The molecule has 1 heterocycles. The van der Waals surface area contributed by atoms with Crippen molar-refractivity contribution < 1.29 is 19.5 Å². The molecule has 1 rings (SSSR count). The Morgan fingerprint density at radius 3 is 2.61 bits per heavy atom. The van der Waals surface area contributed by atoms with Crippen LogP contribution in [0.2, 0.25) is 0 Å². The topological polar surface area (TPSA) is 94.6 Å². The summed E-state index contributed by atoms with van der Waals surface area (Å²) in [5, 5.41) is 13.6. The standard InChI is InChI=1S/C11H15N3O4/c1-14(18-2)10(15)9(13-11(16)17)7-8-3-5-12-6-4-8/h3-6,9,13H,7H2,1-2H3,(H,16,17)/p-1. The van der Waals surface area contributed by atoms with Gasteiger partial charge in [-0.1, -0.05) is 0 Å². The maximum Gasteiger partial charge on any atom is 0.268 e. The van der Waals surface area contributed by atoms with Crippen molar-refractivity contribution in [1.82, 2.24) is 15.4 Å². The highest BCUT2D eigenvalue weighted by molar-refractivity contribution is 5.84. The van der Waals surface area contributed by atoms with Gasteiger partial charge < -0.3 is 15.2 Å². The number of likely N-dealkylation sites (N-methyl/N-ethyl adjacent to an activating group) is 1. The highest BCUT2D eigenvalue weighted by atomic mass is 16.7. The summed E-state index contributed by atoms with van der Waals surface area (Å²) >= 11 is 0. The maximum absolute atomic E-state index is 11.8. The lowest BCUT2D eigenvalue weighted by atomic mass is 10.1. The van der Waals surface area contributed by atoms with E-state index in [-0.39, 0.29) is 6.42 Å². The summed E-state index contributed by atoms with van der Waals surface area (Å²) in [6.07, 6.45) is 1.82. The largest absolute Gasteiger partial charge is 0.530 e. The van der Waals surface area contributed by atoms with Crippen molar-refractivity contribution in [3.8, 4) is 0 Å². The van der Waals surface area contributed by atoms with Crippen molar-refractivity contribution in [2.24, 2.45) is 0 Å². The Morgan fingerprint density at radius 2 is 2.11 bits per heavy atom. The van der Waals surface area contributed by atoms with Gasteiger partial charge in [0.1, 0.15) is 12.1 Å². The average molecular weight is 252 g/mol. The number of hydrogen-bond acceptors (Lipinski definition) is 5. The van der Waals surface area contributed by atoms with Gasteiger partial charge in [0.15, 0.2) is 0 Å². The van der Waals surface area contributed by atoms with Crippen LogP contribution in [-0.4, -0.2) is 42.2 Å². The molecule has 0 aliphatic heterocycles. The van der Waals surface area contributed by atoms with Gasteiger partial charge in [-0.2, -0.15) is 0 Å². The van der Waals surface area contributed by atoms with Gasteiger partial charge in [0.05, 0.1) is 7.11 Å². The van der Waals surface area contributed by atoms with Crippen LogP contribution in [0.1, 0.15) is 5.56 Å². The number of carboxylic acid groups (broad SMARTS) is 1. The van der Waals surface area contributed by atoms with Crippen LogP contribution in [0.3, 0.4) is 0 Å². The molecular formula is C11H14N3O4-. The number of nitrogens with one attached hydrogen (secondary N) is 1. The maximum atomic E-state index is 11.8. The number of pyridine rings is 1. The molecule has 0 aliphatic carbocycles.